The van der Waals surface area contributed by atoms with Crippen molar-refractivity contribution in [2.24, 2.45) is 0 Å². The first-order valence-electron chi connectivity index (χ1n) is 7.20. The number of carbonyl (C=O) groups is 1. The molecule has 22 heavy (non-hydrogen) atoms. The maximum absolute atomic E-state index is 12.6. The van der Waals surface area contributed by atoms with Crippen LogP contribution in [0.3, 0.4) is 0 Å². The van der Waals surface area contributed by atoms with E-state index in [1.54, 1.807) is 0 Å². The Morgan fingerprint density at radius 3 is 2.68 bits per heavy atom. The van der Waals surface area contributed by atoms with Gasteiger partial charge >= 0.3 is 6.18 Å². The summed E-state index contributed by atoms with van der Waals surface area (Å²) in [5.74, 6) is -0.414. The first kappa shape index (κ1) is 16.5. The van der Waals surface area contributed by atoms with Crippen molar-refractivity contribution in [3.8, 4) is 0 Å². The Kier molecular flexibility index (Phi) is 5.24. The van der Waals surface area contributed by atoms with Crippen molar-refractivity contribution in [3.63, 3.8) is 0 Å². The van der Waals surface area contributed by atoms with Crippen LogP contribution < -0.4 is 5.32 Å². The Balaban J connectivity index is 1.97. The van der Waals surface area contributed by atoms with Crippen LogP contribution in [0.4, 0.5) is 13.2 Å². The lowest BCUT2D eigenvalue weighted by Gasteiger charge is -2.27. The first-order chi connectivity index (χ1) is 10.4. The van der Waals surface area contributed by atoms with Crippen molar-refractivity contribution in [2.45, 2.75) is 44.0 Å². The largest absolute Gasteiger partial charge is 0.416 e. The molecule has 1 amide bonds. The second-order valence-corrected chi connectivity index (χ2v) is 5.42. The van der Waals surface area contributed by atoms with Gasteiger partial charge in [0, 0.05) is 6.08 Å². The second kappa shape index (κ2) is 6.96. The lowest BCUT2D eigenvalue weighted by molar-refractivity contribution is -0.137. The number of aliphatic hydroxyl groups excluding tert-OH is 1. The number of halogens is 3. The van der Waals surface area contributed by atoms with Crippen molar-refractivity contribution >= 4 is 12.0 Å². The van der Waals surface area contributed by atoms with Crippen molar-refractivity contribution in [1.82, 2.24) is 5.32 Å². The zero-order valence-corrected chi connectivity index (χ0v) is 11.9. The average molecular weight is 313 g/mol. The van der Waals surface area contributed by atoms with Gasteiger partial charge in [0.1, 0.15) is 0 Å². The average Bonchev–Trinajstić information content (AvgIpc) is 2.47. The molecule has 0 bridgehead atoms. The smallest absolute Gasteiger partial charge is 0.391 e. The maximum atomic E-state index is 12.6. The van der Waals surface area contributed by atoms with Gasteiger partial charge in [-0.1, -0.05) is 25.0 Å². The number of hydrogen-bond acceptors (Lipinski definition) is 2. The monoisotopic (exact) mass is 313 g/mol. The molecule has 120 valence electrons. The highest BCUT2D eigenvalue weighted by Gasteiger charge is 2.30. The van der Waals surface area contributed by atoms with Gasteiger partial charge in [-0.3, -0.25) is 4.79 Å². The van der Waals surface area contributed by atoms with E-state index in [1.807, 2.05) is 0 Å². The van der Waals surface area contributed by atoms with Crippen LogP contribution in [0.1, 0.15) is 36.8 Å². The van der Waals surface area contributed by atoms with Gasteiger partial charge in [-0.2, -0.15) is 13.2 Å². The summed E-state index contributed by atoms with van der Waals surface area (Å²) in [6, 6.07) is 4.47. The highest BCUT2D eigenvalue weighted by molar-refractivity contribution is 5.91. The summed E-state index contributed by atoms with van der Waals surface area (Å²) in [6.07, 6.45) is 0.814. The number of benzene rings is 1. The van der Waals surface area contributed by atoms with Gasteiger partial charge in [-0.25, -0.2) is 0 Å². The molecule has 6 heteroatoms. The summed E-state index contributed by atoms with van der Waals surface area (Å²) in [5, 5.41) is 12.5. The van der Waals surface area contributed by atoms with Gasteiger partial charge in [-0.15, -0.1) is 0 Å². The van der Waals surface area contributed by atoms with E-state index in [9.17, 15) is 23.1 Å². The molecular weight excluding hydrogens is 295 g/mol. The molecule has 1 aromatic carbocycles. The fraction of sp³-hybridized carbons (Fsp3) is 0.438. The van der Waals surface area contributed by atoms with Crippen molar-refractivity contribution in [1.29, 1.82) is 0 Å². The van der Waals surface area contributed by atoms with Crippen molar-refractivity contribution in [3.05, 3.63) is 41.5 Å². The molecule has 0 radical (unpaired) electrons. The Morgan fingerprint density at radius 2 is 2.00 bits per heavy atom. The van der Waals surface area contributed by atoms with E-state index in [2.05, 4.69) is 5.32 Å². The van der Waals surface area contributed by atoms with E-state index in [0.717, 1.165) is 25.0 Å². The van der Waals surface area contributed by atoms with Gasteiger partial charge in [0.05, 0.1) is 17.7 Å². The molecule has 0 heterocycles. The SMILES string of the molecule is O=C(/C=C/c1cccc(C(F)(F)F)c1)NC1CCCCC1O. The van der Waals surface area contributed by atoms with Crippen LogP contribution in [0.2, 0.25) is 0 Å². The van der Waals surface area contributed by atoms with Crippen LogP contribution in [0.5, 0.6) is 0 Å². The number of aliphatic hydroxyl groups is 1. The number of alkyl halides is 3. The van der Waals surface area contributed by atoms with Gasteiger partial charge in [0.25, 0.3) is 0 Å². The highest BCUT2D eigenvalue weighted by Crippen LogP contribution is 2.29. The molecule has 3 nitrogen and oxygen atoms in total. The molecule has 2 atom stereocenters. The molecule has 1 aliphatic carbocycles. The molecule has 0 spiro atoms. The van der Waals surface area contributed by atoms with Crippen molar-refractivity contribution in [2.75, 3.05) is 0 Å². The van der Waals surface area contributed by atoms with Crippen molar-refractivity contribution < 1.29 is 23.1 Å². The second-order valence-electron chi connectivity index (χ2n) is 5.42. The summed E-state index contributed by atoms with van der Waals surface area (Å²) < 4.78 is 37.8. The number of carbonyl (C=O) groups excluding carboxylic acids is 1. The Morgan fingerprint density at radius 1 is 1.27 bits per heavy atom. The molecule has 1 fully saturated rings. The molecule has 0 aliphatic heterocycles. The zero-order chi connectivity index (χ0) is 16.2. The van der Waals surface area contributed by atoms with E-state index >= 15 is 0 Å². The minimum Gasteiger partial charge on any atom is -0.391 e. The van der Waals surface area contributed by atoms with Crippen LogP contribution in [-0.2, 0) is 11.0 Å². The number of amides is 1. The lowest BCUT2D eigenvalue weighted by Crippen LogP contribution is -2.44. The van der Waals surface area contributed by atoms with Crippen LogP contribution in [0.15, 0.2) is 30.3 Å². The lowest BCUT2D eigenvalue weighted by atomic mass is 9.92. The minimum absolute atomic E-state index is 0.285. The fourth-order valence-corrected chi connectivity index (χ4v) is 2.50. The minimum atomic E-state index is -4.40. The summed E-state index contributed by atoms with van der Waals surface area (Å²) in [7, 11) is 0. The molecule has 2 unspecified atom stereocenters. The van der Waals surface area contributed by atoms with E-state index in [1.165, 1.54) is 24.3 Å². The van der Waals surface area contributed by atoms with E-state index in [4.69, 9.17) is 0 Å². The molecule has 2 N–H and O–H groups in total. The fourth-order valence-electron chi connectivity index (χ4n) is 2.50. The molecule has 2 rings (SSSR count). The Labute approximate surface area is 126 Å². The normalized spacial score (nSPS) is 22.7. The van der Waals surface area contributed by atoms with Crippen LogP contribution in [0.25, 0.3) is 6.08 Å². The summed E-state index contributed by atoms with van der Waals surface area (Å²) in [5.41, 5.74) is -0.452. The molecule has 0 aromatic heterocycles. The summed E-state index contributed by atoms with van der Waals surface area (Å²) in [4.78, 5) is 11.8. The Bertz CT molecular complexity index is 555. The molecule has 0 saturated heterocycles. The quantitative estimate of drug-likeness (QED) is 0.842. The van der Waals surface area contributed by atoms with Crippen LogP contribution >= 0.6 is 0 Å². The van der Waals surface area contributed by atoms with E-state index in [-0.39, 0.29) is 6.04 Å². The number of hydrogen-bond donors (Lipinski definition) is 2. The maximum Gasteiger partial charge on any atom is 0.416 e. The van der Waals surface area contributed by atoms with Gasteiger partial charge in [0.15, 0.2) is 0 Å². The first-order valence-corrected chi connectivity index (χ1v) is 7.20. The van der Waals surface area contributed by atoms with Gasteiger partial charge in [0.2, 0.25) is 5.91 Å². The van der Waals surface area contributed by atoms with E-state index < -0.39 is 23.8 Å². The number of nitrogens with one attached hydrogen (secondary N) is 1. The van der Waals surface area contributed by atoms with E-state index in [0.29, 0.717) is 18.4 Å². The summed E-state index contributed by atoms with van der Waals surface area (Å²) in [6.45, 7) is 0. The Hall–Kier alpha value is -1.82. The third-order valence-electron chi connectivity index (χ3n) is 3.70. The topological polar surface area (TPSA) is 49.3 Å². The highest BCUT2D eigenvalue weighted by atomic mass is 19.4. The third kappa shape index (κ3) is 4.59. The molecule has 1 aromatic rings. The predicted octanol–water partition coefficient (Wildman–Crippen LogP) is 3.14. The van der Waals surface area contributed by atoms with Crippen LogP contribution in [-0.4, -0.2) is 23.2 Å². The van der Waals surface area contributed by atoms with Gasteiger partial charge in [-0.05, 0) is 36.6 Å². The molecular formula is C16H18F3NO2. The molecule has 1 saturated carbocycles. The number of rotatable bonds is 3. The third-order valence-corrected chi connectivity index (χ3v) is 3.70. The zero-order valence-electron chi connectivity index (χ0n) is 11.9. The van der Waals surface area contributed by atoms with Crippen LogP contribution in [0, 0.1) is 0 Å². The molecule has 1 aliphatic rings. The van der Waals surface area contributed by atoms with Gasteiger partial charge < -0.3 is 10.4 Å². The summed E-state index contributed by atoms with van der Waals surface area (Å²) >= 11 is 0. The predicted molar refractivity (Wildman–Crippen MR) is 76.9 cm³/mol. The standard InChI is InChI=1S/C16H18F3NO2/c17-16(18,19)12-5-3-4-11(10-12)8-9-15(22)20-13-6-1-2-7-14(13)21/h3-5,8-10,13-14,21H,1-2,6-7H2,(H,20,22)/b9-8+.